The molecule has 0 aliphatic carbocycles. The van der Waals surface area contributed by atoms with E-state index in [0.29, 0.717) is 5.92 Å². The molecule has 0 saturated carbocycles. The SMILES string of the molecule is C/C1=C/C=C/C(C)CNC1N. The summed E-state index contributed by atoms with van der Waals surface area (Å²) in [6.45, 7) is 5.17. The maximum atomic E-state index is 5.80. The monoisotopic (exact) mass is 152 g/mol. The molecule has 1 aliphatic rings. The molecule has 2 atom stereocenters. The average molecular weight is 152 g/mol. The van der Waals surface area contributed by atoms with Crippen LogP contribution < -0.4 is 11.1 Å². The van der Waals surface area contributed by atoms with Gasteiger partial charge in [-0.3, -0.25) is 5.32 Å². The molecular weight excluding hydrogens is 136 g/mol. The highest BCUT2D eigenvalue weighted by molar-refractivity contribution is 5.16. The third kappa shape index (κ3) is 2.48. The van der Waals surface area contributed by atoms with Crippen LogP contribution in [0.3, 0.4) is 0 Å². The Morgan fingerprint density at radius 2 is 2.36 bits per heavy atom. The van der Waals surface area contributed by atoms with Crippen molar-refractivity contribution in [2.45, 2.75) is 20.0 Å². The Kier molecular flexibility index (Phi) is 2.85. The predicted octanol–water partition coefficient (Wildman–Crippen LogP) is 1.01. The van der Waals surface area contributed by atoms with Gasteiger partial charge in [-0.1, -0.05) is 25.2 Å². The molecule has 3 N–H and O–H groups in total. The van der Waals surface area contributed by atoms with Crippen molar-refractivity contribution in [2.75, 3.05) is 6.54 Å². The molecule has 1 aliphatic heterocycles. The van der Waals surface area contributed by atoms with Crippen LogP contribution in [0.15, 0.2) is 23.8 Å². The van der Waals surface area contributed by atoms with Gasteiger partial charge in [0.25, 0.3) is 0 Å². The molecule has 2 heteroatoms. The molecule has 0 aromatic rings. The molecule has 0 fully saturated rings. The minimum absolute atomic E-state index is 0.0300. The second-order valence-electron chi connectivity index (χ2n) is 3.16. The number of rotatable bonds is 0. The maximum Gasteiger partial charge on any atom is 0.0769 e. The fraction of sp³-hybridized carbons (Fsp3) is 0.556. The zero-order valence-electron chi connectivity index (χ0n) is 7.17. The molecule has 0 amide bonds. The first kappa shape index (κ1) is 8.50. The first-order chi connectivity index (χ1) is 5.20. The first-order valence-electron chi connectivity index (χ1n) is 4.04. The van der Waals surface area contributed by atoms with E-state index in [1.54, 1.807) is 0 Å². The standard InChI is InChI=1S/C9H16N2/c1-7-4-3-5-8(2)9(10)11-6-7/h3-5,7,9,11H,6,10H2,1-2H3/b4-3+,8-5-. The van der Waals surface area contributed by atoms with Gasteiger partial charge in [-0.25, -0.2) is 0 Å². The van der Waals surface area contributed by atoms with Gasteiger partial charge in [0, 0.05) is 6.54 Å². The van der Waals surface area contributed by atoms with Crippen molar-refractivity contribution in [1.82, 2.24) is 5.32 Å². The van der Waals surface area contributed by atoms with Crippen molar-refractivity contribution in [3.05, 3.63) is 23.8 Å². The summed E-state index contributed by atoms with van der Waals surface area (Å²) in [5, 5.41) is 3.24. The fourth-order valence-corrected chi connectivity index (χ4v) is 1.04. The van der Waals surface area contributed by atoms with Crippen LogP contribution in [0.1, 0.15) is 13.8 Å². The topological polar surface area (TPSA) is 38.0 Å². The Labute approximate surface area is 68.2 Å². The highest BCUT2D eigenvalue weighted by Gasteiger charge is 2.06. The molecule has 11 heavy (non-hydrogen) atoms. The summed E-state index contributed by atoms with van der Waals surface area (Å²) < 4.78 is 0. The van der Waals surface area contributed by atoms with E-state index >= 15 is 0 Å². The fourth-order valence-electron chi connectivity index (χ4n) is 1.04. The van der Waals surface area contributed by atoms with E-state index in [2.05, 4.69) is 30.5 Å². The van der Waals surface area contributed by atoms with Gasteiger partial charge in [0.15, 0.2) is 0 Å². The number of hydrogen-bond acceptors (Lipinski definition) is 2. The molecule has 0 aromatic heterocycles. The number of nitrogens with two attached hydrogens (primary N) is 1. The normalized spacial score (nSPS) is 40.1. The van der Waals surface area contributed by atoms with Crippen LogP contribution in [-0.2, 0) is 0 Å². The molecule has 2 unspecified atom stereocenters. The van der Waals surface area contributed by atoms with Crippen molar-refractivity contribution >= 4 is 0 Å². The minimum Gasteiger partial charge on any atom is -0.312 e. The van der Waals surface area contributed by atoms with Crippen LogP contribution in [0.4, 0.5) is 0 Å². The van der Waals surface area contributed by atoms with E-state index in [0.717, 1.165) is 6.54 Å². The van der Waals surface area contributed by atoms with Crippen molar-refractivity contribution < 1.29 is 0 Å². The van der Waals surface area contributed by atoms with Gasteiger partial charge in [-0.2, -0.15) is 0 Å². The first-order valence-corrected chi connectivity index (χ1v) is 4.04. The zero-order chi connectivity index (χ0) is 8.27. The molecule has 0 radical (unpaired) electrons. The Bertz CT molecular complexity index is 182. The van der Waals surface area contributed by atoms with Gasteiger partial charge in [-0.05, 0) is 18.4 Å². The van der Waals surface area contributed by atoms with Crippen molar-refractivity contribution in [3.8, 4) is 0 Å². The molecule has 1 rings (SSSR count). The molecule has 0 spiro atoms. The summed E-state index contributed by atoms with van der Waals surface area (Å²) in [7, 11) is 0. The maximum absolute atomic E-state index is 5.80. The predicted molar refractivity (Wildman–Crippen MR) is 48.0 cm³/mol. The minimum atomic E-state index is 0.0300. The molecule has 1 heterocycles. The van der Waals surface area contributed by atoms with Gasteiger partial charge >= 0.3 is 0 Å². The zero-order valence-corrected chi connectivity index (χ0v) is 7.17. The van der Waals surface area contributed by atoms with Gasteiger partial charge in [-0.15, -0.1) is 0 Å². The van der Waals surface area contributed by atoms with E-state index in [4.69, 9.17) is 5.73 Å². The van der Waals surface area contributed by atoms with Crippen LogP contribution in [-0.4, -0.2) is 12.7 Å². The lowest BCUT2D eigenvalue weighted by Crippen LogP contribution is -2.40. The highest BCUT2D eigenvalue weighted by Crippen LogP contribution is 2.04. The van der Waals surface area contributed by atoms with Crippen LogP contribution in [0.25, 0.3) is 0 Å². The lowest BCUT2D eigenvalue weighted by Gasteiger charge is -2.18. The summed E-state index contributed by atoms with van der Waals surface area (Å²) in [4.78, 5) is 0. The Balaban J connectivity index is 2.67. The molecule has 62 valence electrons. The van der Waals surface area contributed by atoms with Crippen molar-refractivity contribution in [2.24, 2.45) is 11.7 Å². The van der Waals surface area contributed by atoms with Gasteiger partial charge < -0.3 is 5.73 Å². The quantitative estimate of drug-likeness (QED) is 0.543. The Morgan fingerprint density at radius 3 is 3.09 bits per heavy atom. The second kappa shape index (κ2) is 3.69. The average Bonchev–Trinajstić information content (AvgIpc) is 1.98. The van der Waals surface area contributed by atoms with Crippen LogP contribution in [0, 0.1) is 5.92 Å². The molecule has 2 nitrogen and oxygen atoms in total. The third-order valence-corrected chi connectivity index (χ3v) is 1.95. The number of hydrogen-bond donors (Lipinski definition) is 2. The lowest BCUT2D eigenvalue weighted by molar-refractivity contribution is 0.529. The molecule has 0 saturated heterocycles. The molecule has 0 bridgehead atoms. The lowest BCUT2D eigenvalue weighted by atomic mass is 10.1. The second-order valence-corrected chi connectivity index (χ2v) is 3.16. The largest absolute Gasteiger partial charge is 0.312 e. The Morgan fingerprint density at radius 1 is 1.64 bits per heavy atom. The van der Waals surface area contributed by atoms with E-state index < -0.39 is 0 Å². The molecule has 0 aromatic carbocycles. The van der Waals surface area contributed by atoms with Crippen LogP contribution in [0.5, 0.6) is 0 Å². The smallest absolute Gasteiger partial charge is 0.0769 e. The van der Waals surface area contributed by atoms with E-state index in [9.17, 15) is 0 Å². The summed E-state index contributed by atoms with van der Waals surface area (Å²) in [5.41, 5.74) is 6.98. The number of allylic oxidation sites excluding steroid dienone is 2. The van der Waals surface area contributed by atoms with Crippen molar-refractivity contribution in [1.29, 1.82) is 0 Å². The van der Waals surface area contributed by atoms with E-state index in [1.807, 2.05) is 6.92 Å². The van der Waals surface area contributed by atoms with Gasteiger partial charge in [0.05, 0.1) is 6.17 Å². The summed E-state index contributed by atoms with van der Waals surface area (Å²) in [6, 6.07) is 0. The Hall–Kier alpha value is -0.600. The van der Waals surface area contributed by atoms with Crippen LogP contribution in [0.2, 0.25) is 0 Å². The summed E-state index contributed by atoms with van der Waals surface area (Å²) in [6.07, 6.45) is 6.36. The number of nitrogens with one attached hydrogen (secondary N) is 1. The molecular formula is C9H16N2. The van der Waals surface area contributed by atoms with E-state index in [-0.39, 0.29) is 6.17 Å². The van der Waals surface area contributed by atoms with Crippen molar-refractivity contribution in [3.63, 3.8) is 0 Å². The van der Waals surface area contributed by atoms with Gasteiger partial charge in [0.1, 0.15) is 0 Å². The van der Waals surface area contributed by atoms with Crippen LogP contribution >= 0.6 is 0 Å². The van der Waals surface area contributed by atoms with E-state index in [1.165, 1.54) is 5.57 Å². The third-order valence-electron chi connectivity index (χ3n) is 1.95. The van der Waals surface area contributed by atoms with Gasteiger partial charge in [0.2, 0.25) is 0 Å². The summed E-state index contributed by atoms with van der Waals surface area (Å²) in [5.74, 6) is 0.574. The highest BCUT2D eigenvalue weighted by atomic mass is 15.0. The summed E-state index contributed by atoms with van der Waals surface area (Å²) >= 11 is 0.